The predicted molar refractivity (Wildman–Crippen MR) is 75.4 cm³/mol. The van der Waals surface area contributed by atoms with Gasteiger partial charge in [0.15, 0.2) is 0 Å². The number of nitrogens with one attached hydrogen (secondary N) is 1. The van der Waals surface area contributed by atoms with Crippen LogP contribution in [0.25, 0.3) is 0 Å². The Hall–Kier alpha value is -0.810. The molecule has 0 spiro atoms. The highest BCUT2D eigenvalue weighted by molar-refractivity contribution is 5.66. The van der Waals surface area contributed by atoms with Gasteiger partial charge in [-0.15, -0.1) is 0 Å². The van der Waals surface area contributed by atoms with E-state index in [1.165, 1.54) is 25.7 Å². The van der Waals surface area contributed by atoms with Gasteiger partial charge in [-0.25, -0.2) is 4.79 Å². The smallest absolute Gasteiger partial charge is 0.407 e. The van der Waals surface area contributed by atoms with Gasteiger partial charge in [-0.3, -0.25) is 0 Å². The number of unbranched alkanes of at least 4 members (excludes halogenated alkanes) is 4. The molecular weight excluding hydrogens is 246 g/mol. The Balaban J connectivity index is 3.01. The molecule has 0 aliphatic rings. The topological polar surface area (TPSA) is 56.8 Å². The molecule has 5 nitrogen and oxygen atoms in total. The summed E-state index contributed by atoms with van der Waals surface area (Å²) < 4.78 is 15.5. The maximum atomic E-state index is 10.9. The fraction of sp³-hybridized carbons (Fsp3) is 0.929. The number of hydrogen-bond donors (Lipinski definition) is 1. The minimum atomic E-state index is -0.394. The van der Waals surface area contributed by atoms with Gasteiger partial charge in [-0.2, -0.15) is 0 Å². The van der Waals surface area contributed by atoms with E-state index in [2.05, 4.69) is 12.2 Å². The molecule has 19 heavy (non-hydrogen) atoms. The number of carbonyl (C=O) groups is 1. The van der Waals surface area contributed by atoms with Gasteiger partial charge in [-0.1, -0.05) is 32.6 Å². The lowest BCUT2D eigenvalue weighted by Crippen LogP contribution is -2.28. The molecule has 1 N–H and O–H groups in total. The summed E-state index contributed by atoms with van der Waals surface area (Å²) in [5.41, 5.74) is 0. The maximum Gasteiger partial charge on any atom is 0.407 e. The van der Waals surface area contributed by atoms with Crippen LogP contribution in [-0.4, -0.2) is 45.7 Å². The van der Waals surface area contributed by atoms with E-state index in [0.717, 1.165) is 13.0 Å². The van der Waals surface area contributed by atoms with Crippen molar-refractivity contribution in [2.24, 2.45) is 0 Å². The van der Waals surface area contributed by atoms with Crippen molar-refractivity contribution in [2.45, 2.75) is 46.0 Å². The number of hydrogen-bond acceptors (Lipinski definition) is 4. The van der Waals surface area contributed by atoms with Crippen LogP contribution in [-0.2, 0) is 14.2 Å². The standard InChI is InChI=1S/C14H29NO4/c1-3-5-6-7-8-10-17-12-13-18-11-9-15-14(16)19-4-2/h3-13H2,1-2H3,(H,15,16). The highest BCUT2D eigenvalue weighted by atomic mass is 16.5. The van der Waals surface area contributed by atoms with Crippen molar-refractivity contribution in [3.05, 3.63) is 0 Å². The fourth-order valence-corrected chi connectivity index (χ4v) is 1.54. The average Bonchev–Trinajstić information content (AvgIpc) is 2.40. The summed E-state index contributed by atoms with van der Waals surface area (Å²) >= 11 is 0. The lowest BCUT2D eigenvalue weighted by Gasteiger charge is -2.07. The molecule has 0 rings (SSSR count). The molecule has 0 heterocycles. The van der Waals surface area contributed by atoms with Crippen molar-refractivity contribution < 1.29 is 19.0 Å². The van der Waals surface area contributed by atoms with E-state index in [1.54, 1.807) is 6.92 Å². The number of ether oxygens (including phenoxy) is 3. The summed E-state index contributed by atoms with van der Waals surface area (Å²) in [5, 5.41) is 2.59. The van der Waals surface area contributed by atoms with Crippen LogP contribution in [0.1, 0.15) is 46.0 Å². The Morgan fingerprint density at radius 2 is 1.58 bits per heavy atom. The average molecular weight is 275 g/mol. The second kappa shape index (κ2) is 15.2. The van der Waals surface area contributed by atoms with Gasteiger partial charge in [0.1, 0.15) is 0 Å². The Kier molecular flexibility index (Phi) is 14.6. The molecule has 0 aromatic rings. The summed E-state index contributed by atoms with van der Waals surface area (Å²) in [5.74, 6) is 0. The Labute approximate surface area is 117 Å². The minimum absolute atomic E-state index is 0.388. The number of carbonyl (C=O) groups excluding carboxylic acids is 1. The van der Waals surface area contributed by atoms with E-state index in [1.807, 2.05) is 0 Å². The Morgan fingerprint density at radius 1 is 0.895 bits per heavy atom. The molecule has 114 valence electrons. The summed E-state index contributed by atoms with van der Waals surface area (Å²) in [4.78, 5) is 10.9. The molecule has 0 bridgehead atoms. The van der Waals surface area contributed by atoms with Gasteiger partial charge >= 0.3 is 6.09 Å². The SMILES string of the molecule is CCCCCCCOCCOCCNC(=O)OCC. The zero-order valence-electron chi connectivity index (χ0n) is 12.4. The second-order valence-corrected chi connectivity index (χ2v) is 4.29. The van der Waals surface area contributed by atoms with E-state index < -0.39 is 6.09 Å². The van der Waals surface area contributed by atoms with E-state index in [-0.39, 0.29) is 0 Å². The molecule has 0 fully saturated rings. The van der Waals surface area contributed by atoms with Crippen molar-refractivity contribution in [3.8, 4) is 0 Å². The molecular formula is C14H29NO4. The lowest BCUT2D eigenvalue weighted by atomic mass is 10.2. The molecule has 0 aromatic carbocycles. The summed E-state index contributed by atoms with van der Waals surface area (Å²) in [7, 11) is 0. The van der Waals surface area contributed by atoms with Crippen LogP contribution in [0.4, 0.5) is 4.79 Å². The van der Waals surface area contributed by atoms with Crippen LogP contribution in [0.15, 0.2) is 0 Å². The third-order valence-electron chi connectivity index (χ3n) is 2.56. The van der Waals surface area contributed by atoms with Crippen LogP contribution in [0, 0.1) is 0 Å². The van der Waals surface area contributed by atoms with Crippen molar-refractivity contribution >= 4 is 6.09 Å². The summed E-state index contributed by atoms with van der Waals surface area (Å²) in [6, 6.07) is 0. The third-order valence-corrected chi connectivity index (χ3v) is 2.56. The first-order valence-corrected chi connectivity index (χ1v) is 7.37. The zero-order chi connectivity index (χ0) is 14.2. The molecule has 0 saturated heterocycles. The van der Waals surface area contributed by atoms with Gasteiger partial charge in [0.2, 0.25) is 0 Å². The monoisotopic (exact) mass is 275 g/mol. The van der Waals surface area contributed by atoms with E-state index >= 15 is 0 Å². The maximum absolute atomic E-state index is 10.9. The Morgan fingerprint density at radius 3 is 2.26 bits per heavy atom. The van der Waals surface area contributed by atoms with Gasteiger partial charge in [0, 0.05) is 13.2 Å². The highest BCUT2D eigenvalue weighted by Gasteiger charge is 1.98. The van der Waals surface area contributed by atoms with Crippen LogP contribution < -0.4 is 5.32 Å². The zero-order valence-corrected chi connectivity index (χ0v) is 12.4. The molecule has 0 atom stereocenters. The van der Waals surface area contributed by atoms with Crippen molar-refractivity contribution in [1.82, 2.24) is 5.32 Å². The van der Waals surface area contributed by atoms with Gasteiger partial charge < -0.3 is 19.5 Å². The molecule has 0 radical (unpaired) electrons. The fourth-order valence-electron chi connectivity index (χ4n) is 1.54. The summed E-state index contributed by atoms with van der Waals surface area (Å²) in [6.45, 7) is 7.33. The van der Waals surface area contributed by atoms with Crippen LogP contribution >= 0.6 is 0 Å². The number of rotatable bonds is 13. The molecule has 1 amide bonds. The molecule has 0 aromatic heterocycles. The second-order valence-electron chi connectivity index (χ2n) is 4.29. The van der Waals surface area contributed by atoms with Crippen molar-refractivity contribution in [2.75, 3.05) is 39.6 Å². The molecule has 0 saturated carbocycles. The molecule has 5 heteroatoms. The van der Waals surface area contributed by atoms with Crippen LogP contribution in [0.5, 0.6) is 0 Å². The number of amides is 1. The van der Waals surface area contributed by atoms with Crippen molar-refractivity contribution in [3.63, 3.8) is 0 Å². The lowest BCUT2D eigenvalue weighted by molar-refractivity contribution is 0.0469. The van der Waals surface area contributed by atoms with Gasteiger partial charge in [-0.05, 0) is 13.3 Å². The van der Waals surface area contributed by atoms with E-state index in [9.17, 15) is 4.79 Å². The molecule has 0 aliphatic heterocycles. The van der Waals surface area contributed by atoms with Gasteiger partial charge in [0.05, 0.1) is 26.4 Å². The quantitative estimate of drug-likeness (QED) is 0.525. The van der Waals surface area contributed by atoms with Crippen LogP contribution in [0.2, 0.25) is 0 Å². The van der Waals surface area contributed by atoms with E-state index in [0.29, 0.717) is 33.0 Å². The number of alkyl carbamates (subject to hydrolysis) is 1. The first kappa shape index (κ1) is 18.2. The van der Waals surface area contributed by atoms with Crippen molar-refractivity contribution in [1.29, 1.82) is 0 Å². The Bertz CT molecular complexity index is 200. The minimum Gasteiger partial charge on any atom is -0.450 e. The van der Waals surface area contributed by atoms with Gasteiger partial charge in [0.25, 0.3) is 0 Å². The van der Waals surface area contributed by atoms with Crippen LogP contribution in [0.3, 0.4) is 0 Å². The first-order valence-electron chi connectivity index (χ1n) is 7.37. The largest absolute Gasteiger partial charge is 0.450 e. The summed E-state index contributed by atoms with van der Waals surface area (Å²) in [6.07, 6.45) is 5.87. The predicted octanol–water partition coefficient (Wildman–Crippen LogP) is 2.74. The molecule has 0 aliphatic carbocycles. The highest BCUT2D eigenvalue weighted by Crippen LogP contribution is 2.02. The first-order chi connectivity index (χ1) is 9.31. The van der Waals surface area contributed by atoms with E-state index in [4.69, 9.17) is 14.2 Å². The third kappa shape index (κ3) is 15.1. The normalized spacial score (nSPS) is 10.4. The molecule has 0 unspecified atom stereocenters.